The number of hydrogen-bond acceptors (Lipinski definition) is 2. The highest BCUT2D eigenvalue weighted by atomic mass is 35.5. The van der Waals surface area contributed by atoms with Gasteiger partial charge in [0, 0.05) is 6.54 Å². The van der Waals surface area contributed by atoms with Crippen LogP contribution in [0.15, 0.2) is 42.5 Å². The second kappa shape index (κ2) is 5.86. The summed E-state index contributed by atoms with van der Waals surface area (Å²) in [5.41, 5.74) is 7.98. The highest BCUT2D eigenvalue weighted by Crippen LogP contribution is 2.31. The maximum Gasteiger partial charge on any atom is 0.146 e. The molecule has 2 N–H and O–H groups in total. The molecule has 3 heteroatoms. The predicted molar refractivity (Wildman–Crippen MR) is 84.6 cm³/mol. The fourth-order valence-electron chi connectivity index (χ4n) is 1.90. The summed E-state index contributed by atoms with van der Waals surface area (Å²) in [6.07, 6.45) is 0. The fourth-order valence-corrected chi connectivity index (χ4v) is 2.15. The summed E-state index contributed by atoms with van der Waals surface area (Å²) in [6.45, 7) is 7.03. The summed E-state index contributed by atoms with van der Waals surface area (Å²) >= 11 is 6.18. The maximum absolute atomic E-state index is 6.18. The van der Waals surface area contributed by atoms with Crippen molar-refractivity contribution in [2.75, 3.05) is 0 Å². The molecule has 0 saturated carbocycles. The van der Waals surface area contributed by atoms with Crippen molar-refractivity contribution in [2.45, 2.75) is 32.7 Å². The Labute approximate surface area is 125 Å². The van der Waals surface area contributed by atoms with Crippen molar-refractivity contribution in [3.63, 3.8) is 0 Å². The van der Waals surface area contributed by atoms with Gasteiger partial charge < -0.3 is 10.5 Å². The number of hydrogen-bond donors (Lipinski definition) is 1. The van der Waals surface area contributed by atoms with E-state index in [2.05, 4.69) is 32.9 Å². The van der Waals surface area contributed by atoms with Crippen LogP contribution >= 0.6 is 11.6 Å². The minimum atomic E-state index is 0.138. The first-order valence-corrected chi connectivity index (χ1v) is 7.05. The summed E-state index contributed by atoms with van der Waals surface area (Å²) < 4.78 is 5.80. The minimum absolute atomic E-state index is 0.138. The summed E-state index contributed by atoms with van der Waals surface area (Å²) in [5.74, 6) is 1.42. The highest BCUT2D eigenvalue weighted by molar-refractivity contribution is 6.32. The van der Waals surface area contributed by atoms with E-state index in [1.54, 1.807) is 0 Å². The molecule has 2 nitrogen and oxygen atoms in total. The summed E-state index contributed by atoms with van der Waals surface area (Å²) in [4.78, 5) is 0. The Morgan fingerprint density at radius 2 is 1.70 bits per heavy atom. The predicted octanol–water partition coefficient (Wildman–Crippen LogP) is 4.89. The van der Waals surface area contributed by atoms with Gasteiger partial charge in [0.15, 0.2) is 0 Å². The van der Waals surface area contributed by atoms with E-state index in [0.717, 1.165) is 11.3 Å². The van der Waals surface area contributed by atoms with Gasteiger partial charge in [0.1, 0.15) is 11.5 Å². The summed E-state index contributed by atoms with van der Waals surface area (Å²) in [5, 5.41) is 0.577. The monoisotopic (exact) mass is 289 g/mol. The van der Waals surface area contributed by atoms with Gasteiger partial charge >= 0.3 is 0 Å². The Balaban J connectivity index is 2.18. The molecule has 0 aliphatic rings. The third-order valence-electron chi connectivity index (χ3n) is 3.18. The zero-order valence-corrected chi connectivity index (χ0v) is 12.9. The van der Waals surface area contributed by atoms with Gasteiger partial charge in [0.25, 0.3) is 0 Å². The highest BCUT2D eigenvalue weighted by Gasteiger charge is 2.13. The van der Waals surface area contributed by atoms with E-state index in [0.29, 0.717) is 17.3 Å². The van der Waals surface area contributed by atoms with Gasteiger partial charge in [-0.05, 0) is 40.8 Å². The first-order valence-electron chi connectivity index (χ1n) is 6.67. The summed E-state index contributed by atoms with van der Waals surface area (Å²) in [7, 11) is 0. The fraction of sp³-hybridized carbons (Fsp3) is 0.294. The van der Waals surface area contributed by atoms with Gasteiger partial charge in [-0.15, -0.1) is 0 Å². The van der Waals surface area contributed by atoms with Crippen LogP contribution in [-0.2, 0) is 12.0 Å². The molecule has 0 fully saturated rings. The molecule has 2 rings (SSSR count). The molecule has 0 atom stereocenters. The standard InChI is InChI=1S/C17H20ClNO/c1-17(2,3)13-5-7-14(8-6-13)20-16-9-4-12(11-19)10-15(16)18/h4-10H,11,19H2,1-3H3. The first-order chi connectivity index (χ1) is 9.40. The Hall–Kier alpha value is -1.51. The van der Waals surface area contributed by atoms with E-state index in [1.165, 1.54) is 5.56 Å². The zero-order chi connectivity index (χ0) is 14.8. The number of rotatable bonds is 3. The van der Waals surface area contributed by atoms with Crippen molar-refractivity contribution < 1.29 is 4.74 Å². The smallest absolute Gasteiger partial charge is 0.146 e. The van der Waals surface area contributed by atoms with E-state index < -0.39 is 0 Å². The Morgan fingerprint density at radius 3 is 2.20 bits per heavy atom. The minimum Gasteiger partial charge on any atom is -0.456 e. The van der Waals surface area contributed by atoms with E-state index in [-0.39, 0.29) is 5.41 Å². The Morgan fingerprint density at radius 1 is 1.05 bits per heavy atom. The van der Waals surface area contributed by atoms with Crippen LogP contribution in [-0.4, -0.2) is 0 Å². The van der Waals surface area contributed by atoms with E-state index >= 15 is 0 Å². The van der Waals surface area contributed by atoms with Crippen LogP contribution in [0.1, 0.15) is 31.9 Å². The van der Waals surface area contributed by atoms with E-state index in [9.17, 15) is 0 Å². The van der Waals surface area contributed by atoms with E-state index in [1.807, 2.05) is 30.3 Å². The van der Waals surface area contributed by atoms with Crippen LogP contribution in [0.2, 0.25) is 5.02 Å². The van der Waals surface area contributed by atoms with Gasteiger partial charge in [-0.3, -0.25) is 0 Å². The lowest BCUT2D eigenvalue weighted by atomic mass is 9.87. The topological polar surface area (TPSA) is 35.2 Å². The number of benzene rings is 2. The molecule has 0 bridgehead atoms. The molecule has 0 radical (unpaired) electrons. The molecule has 2 aromatic carbocycles. The average Bonchev–Trinajstić information content (AvgIpc) is 2.40. The lowest BCUT2D eigenvalue weighted by molar-refractivity contribution is 0.481. The first kappa shape index (κ1) is 14.9. The molecule has 106 valence electrons. The van der Waals surface area contributed by atoms with Gasteiger partial charge in [0.05, 0.1) is 5.02 Å². The van der Waals surface area contributed by atoms with Crippen molar-refractivity contribution in [2.24, 2.45) is 5.73 Å². The second-order valence-corrected chi connectivity index (χ2v) is 6.25. The van der Waals surface area contributed by atoms with Crippen molar-refractivity contribution in [3.8, 4) is 11.5 Å². The molecule has 0 aliphatic heterocycles. The number of nitrogens with two attached hydrogens (primary N) is 1. The third-order valence-corrected chi connectivity index (χ3v) is 3.48. The molecule has 0 amide bonds. The average molecular weight is 290 g/mol. The Bertz CT molecular complexity index is 585. The lowest BCUT2D eigenvalue weighted by Gasteiger charge is -2.19. The van der Waals surface area contributed by atoms with Crippen molar-refractivity contribution in [3.05, 3.63) is 58.6 Å². The van der Waals surface area contributed by atoms with Crippen LogP contribution in [0.4, 0.5) is 0 Å². The zero-order valence-electron chi connectivity index (χ0n) is 12.1. The van der Waals surface area contributed by atoms with Crippen molar-refractivity contribution >= 4 is 11.6 Å². The van der Waals surface area contributed by atoms with Crippen LogP contribution in [0.5, 0.6) is 11.5 Å². The van der Waals surface area contributed by atoms with Gasteiger partial charge in [-0.2, -0.15) is 0 Å². The number of halogens is 1. The summed E-state index contributed by atoms with van der Waals surface area (Å²) in [6, 6.07) is 13.7. The largest absolute Gasteiger partial charge is 0.456 e. The molecule has 0 heterocycles. The van der Waals surface area contributed by atoms with Gasteiger partial charge in [0.2, 0.25) is 0 Å². The molecule has 0 spiro atoms. The second-order valence-electron chi connectivity index (χ2n) is 5.85. The van der Waals surface area contributed by atoms with Gasteiger partial charge in [-0.1, -0.05) is 50.6 Å². The molecular weight excluding hydrogens is 270 g/mol. The molecule has 20 heavy (non-hydrogen) atoms. The van der Waals surface area contributed by atoms with Crippen molar-refractivity contribution in [1.82, 2.24) is 0 Å². The SMILES string of the molecule is CC(C)(C)c1ccc(Oc2ccc(CN)cc2Cl)cc1. The third kappa shape index (κ3) is 3.53. The molecule has 0 aliphatic carbocycles. The van der Waals surface area contributed by atoms with Crippen LogP contribution in [0, 0.1) is 0 Å². The number of ether oxygens (including phenoxy) is 1. The maximum atomic E-state index is 6.18. The Kier molecular flexibility index (Phi) is 4.36. The molecule has 0 saturated heterocycles. The van der Waals surface area contributed by atoms with Crippen LogP contribution in [0.25, 0.3) is 0 Å². The quantitative estimate of drug-likeness (QED) is 0.873. The van der Waals surface area contributed by atoms with Gasteiger partial charge in [-0.25, -0.2) is 0 Å². The van der Waals surface area contributed by atoms with Crippen LogP contribution < -0.4 is 10.5 Å². The van der Waals surface area contributed by atoms with Crippen molar-refractivity contribution in [1.29, 1.82) is 0 Å². The molecule has 0 unspecified atom stereocenters. The lowest BCUT2D eigenvalue weighted by Crippen LogP contribution is -2.10. The molecule has 2 aromatic rings. The molecule has 0 aromatic heterocycles. The molecular formula is C17H20ClNO. The van der Waals surface area contributed by atoms with E-state index in [4.69, 9.17) is 22.1 Å². The van der Waals surface area contributed by atoms with Crippen LogP contribution in [0.3, 0.4) is 0 Å². The normalized spacial score (nSPS) is 11.4.